The van der Waals surface area contributed by atoms with Crippen LogP contribution < -0.4 is 10.1 Å². The van der Waals surface area contributed by atoms with Gasteiger partial charge < -0.3 is 19.5 Å². The Hall–Kier alpha value is -1.95. The monoisotopic (exact) mass is 314 g/mol. The van der Waals surface area contributed by atoms with E-state index in [1.807, 2.05) is 42.5 Å². The molecule has 1 saturated heterocycles. The van der Waals surface area contributed by atoms with Gasteiger partial charge in [-0.1, -0.05) is 24.3 Å². The lowest BCUT2D eigenvalue weighted by atomic mass is 10.1. The van der Waals surface area contributed by atoms with Crippen molar-refractivity contribution in [1.29, 1.82) is 0 Å². The second kappa shape index (κ2) is 7.55. The van der Waals surface area contributed by atoms with Gasteiger partial charge in [-0.15, -0.1) is 0 Å². The number of nitrogens with one attached hydrogen (secondary N) is 1. The maximum atomic E-state index is 5.77. The summed E-state index contributed by atoms with van der Waals surface area (Å²) in [6.07, 6.45) is 0.788. The van der Waals surface area contributed by atoms with E-state index in [2.05, 4.69) is 10.3 Å². The molecule has 3 rings (SSSR count). The first-order valence-electron chi connectivity index (χ1n) is 7.79. The molecule has 23 heavy (non-hydrogen) atoms. The van der Waals surface area contributed by atoms with E-state index >= 15 is 0 Å². The summed E-state index contributed by atoms with van der Waals surface area (Å²) in [7, 11) is 3.25. The van der Waals surface area contributed by atoms with Gasteiger partial charge in [0.2, 0.25) is 5.88 Å². The number of pyridine rings is 1. The molecule has 1 N–H and O–H groups in total. The predicted octanol–water partition coefficient (Wildman–Crippen LogP) is 2.78. The fraction of sp³-hybridized carbons (Fsp3) is 0.389. The lowest BCUT2D eigenvalue weighted by Gasteiger charge is -2.27. The highest BCUT2D eigenvalue weighted by molar-refractivity contribution is 5.60. The third-order valence-electron chi connectivity index (χ3n) is 3.96. The Morgan fingerprint density at radius 1 is 1.17 bits per heavy atom. The standard InChI is InChI=1S/C18H22N2O3/c1-21-18(22-2)14-6-3-5-13(11-14)16-7-4-8-17(20-16)23-12-15-9-10-19-15/h3-8,11,15,18-19H,9-10,12H2,1-2H3. The van der Waals surface area contributed by atoms with E-state index in [9.17, 15) is 0 Å². The molecule has 1 aliphatic rings. The van der Waals surface area contributed by atoms with Gasteiger partial charge in [-0.2, -0.15) is 0 Å². The first kappa shape index (κ1) is 15.9. The minimum Gasteiger partial charge on any atom is -0.476 e. The molecule has 0 saturated carbocycles. The minimum absolute atomic E-state index is 0.376. The van der Waals surface area contributed by atoms with Gasteiger partial charge in [-0.3, -0.25) is 0 Å². The largest absolute Gasteiger partial charge is 0.476 e. The molecule has 1 atom stereocenters. The summed E-state index contributed by atoms with van der Waals surface area (Å²) in [5.74, 6) is 0.650. The second-order valence-electron chi connectivity index (χ2n) is 5.54. The molecule has 2 aromatic rings. The van der Waals surface area contributed by atoms with Crippen molar-refractivity contribution >= 4 is 0 Å². The summed E-state index contributed by atoms with van der Waals surface area (Å²) in [6.45, 7) is 1.74. The fourth-order valence-electron chi connectivity index (χ4n) is 2.55. The Kier molecular flexibility index (Phi) is 5.23. The lowest BCUT2D eigenvalue weighted by molar-refractivity contribution is -0.105. The highest BCUT2D eigenvalue weighted by atomic mass is 16.7. The molecule has 1 aromatic heterocycles. The van der Waals surface area contributed by atoms with Crippen molar-refractivity contribution in [3.63, 3.8) is 0 Å². The molecule has 0 bridgehead atoms. The molecular formula is C18H22N2O3. The lowest BCUT2D eigenvalue weighted by Crippen LogP contribution is -2.46. The van der Waals surface area contributed by atoms with Crippen LogP contribution in [0.5, 0.6) is 5.88 Å². The van der Waals surface area contributed by atoms with Crippen LogP contribution in [0.2, 0.25) is 0 Å². The number of rotatable bonds is 7. The van der Waals surface area contributed by atoms with Crippen LogP contribution in [-0.4, -0.2) is 38.4 Å². The van der Waals surface area contributed by atoms with E-state index in [1.165, 1.54) is 0 Å². The SMILES string of the molecule is COC(OC)c1cccc(-c2cccc(OCC3CCN3)n2)c1. The van der Waals surface area contributed by atoms with Crippen LogP contribution in [0.4, 0.5) is 0 Å². The van der Waals surface area contributed by atoms with Gasteiger partial charge >= 0.3 is 0 Å². The minimum atomic E-state index is -0.376. The predicted molar refractivity (Wildman–Crippen MR) is 88.3 cm³/mol. The highest BCUT2D eigenvalue weighted by Crippen LogP contribution is 2.25. The quantitative estimate of drug-likeness (QED) is 0.797. The van der Waals surface area contributed by atoms with Crippen LogP contribution in [0.3, 0.4) is 0 Å². The van der Waals surface area contributed by atoms with Gasteiger partial charge in [0.05, 0.1) is 5.69 Å². The molecular weight excluding hydrogens is 292 g/mol. The average Bonchev–Trinajstić information content (AvgIpc) is 2.55. The number of benzene rings is 1. The van der Waals surface area contributed by atoms with Crippen molar-refractivity contribution < 1.29 is 14.2 Å². The zero-order valence-corrected chi connectivity index (χ0v) is 13.5. The van der Waals surface area contributed by atoms with Crippen molar-refractivity contribution in [3.8, 4) is 17.1 Å². The summed E-state index contributed by atoms with van der Waals surface area (Å²) in [4.78, 5) is 4.59. The molecule has 1 aliphatic heterocycles. The molecule has 5 nitrogen and oxygen atoms in total. The number of nitrogens with zero attached hydrogens (tertiary/aromatic N) is 1. The Morgan fingerprint density at radius 3 is 2.65 bits per heavy atom. The Morgan fingerprint density at radius 2 is 1.96 bits per heavy atom. The van der Waals surface area contributed by atoms with Crippen molar-refractivity contribution in [2.45, 2.75) is 18.8 Å². The van der Waals surface area contributed by atoms with Gasteiger partial charge in [0.1, 0.15) is 6.61 Å². The zero-order chi connectivity index (χ0) is 16.1. The summed E-state index contributed by atoms with van der Waals surface area (Å²) in [6, 6.07) is 14.3. The first-order valence-corrected chi connectivity index (χ1v) is 7.79. The van der Waals surface area contributed by atoms with Crippen LogP contribution in [0.15, 0.2) is 42.5 Å². The van der Waals surface area contributed by atoms with E-state index in [0.29, 0.717) is 18.5 Å². The fourth-order valence-corrected chi connectivity index (χ4v) is 2.55. The molecule has 122 valence electrons. The van der Waals surface area contributed by atoms with E-state index in [-0.39, 0.29) is 6.29 Å². The summed E-state index contributed by atoms with van der Waals surface area (Å²) in [5.41, 5.74) is 2.84. The van der Waals surface area contributed by atoms with Crippen molar-refractivity contribution in [2.24, 2.45) is 0 Å². The van der Waals surface area contributed by atoms with Gasteiger partial charge in [-0.25, -0.2) is 4.98 Å². The normalized spacial score (nSPS) is 17.1. The van der Waals surface area contributed by atoms with E-state index in [1.54, 1.807) is 14.2 Å². The van der Waals surface area contributed by atoms with Gasteiger partial charge in [0.25, 0.3) is 0 Å². The molecule has 2 heterocycles. The average molecular weight is 314 g/mol. The van der Waals surface area contributed by atoms with Crippen molar-refractivity contribution in [3.05, 3.63) is 48.0 Å². The van der Waals surface area contributed by atoms with Crippen molar-refractivity contribution in [1.82, 2.24) is 10.3 Å². The van der Waals surface area contributed by atoms with E-state index < -0.39 is 0 Å². The topological polar surface area (TPSA) is 52.6 Å². The molecule has 1 aromatic carbocycles. The molecule has 5 heteroatoms. The Bertz CT molecular complexity index is 640. The molecule has 1 unspecified atom stereocenters. The van der Waals surface area contributed by atoms with Crippen LogP contribution in [0.1, 0.15) is 18.3 Å². The maximum Gasteiger partial charge on any atom is 0.213 e. The van der Waals surface area contributed by atoms with Gasteiger partial charge in [0.15, 0.2) is 6.29 Å². The Labute approximate surface area is 136 Å². The molecule has 0 amide bonds. The molecule has 1 fully saturated rings. The van der Waals surface area contributed by atoms with Crippen LogP contribution in [-0.2, 0) is 9.47 Å². The molecule has 0 aliphatic carbocycles. The summed E-state index contributed by atoms with van der Waals surface area (Å²) in [5, 5.41) is 3.31. The maximum absolute atomic E-state index is 5.77. The first-order chi connectivity index (χ1) is 11.3. The molecule has 0 radical (unpaired) electrons. The van der Waals surface area contributed by atoms with Gasteiger partial charge in [-0.05, 0) is 25.1 Å². The van der Waals surface area contributed by atoms with E-state index in [0.717, 1.165) is 29.8 Å². The van der Waals surface area contributed by atoms with Crippen LogP contribution in [0, 0.1) is 0 Å². The smallest absolute Gasteiger partial charge is 0.213 e. The number of hydrogen-bond donors (Lipinski definition) is 1. The number of methoxy groups -OCH3 is 2. The zero-order valence-electron chi connectivity index (χ0n) is 13.5. The van der Waals surface area contributed by atoms with E-state index in [4.69, 9.17) is 14.2 Å². The van der Waals surface area contributed by atoms with Crippen LogP contribution in [0.25, 0.3) is 11.3 Å². The number of hydrogen-bond acceptors (Lipinski definition) is 5. The van der Waals surface area contributed by atoms with Crippen LogP contribution >= 0.6 is 0 Å². The van der Waals surface area contributed by atoms with Gasteiger partial charge in [0, 0.05) is 37.5 Å². The number of aromatic nitrogens is 1. The third-order valence-corrected chi connectivity index (χ3v) is 3.96. The van der Waals surface area contributed by atoms with Crippen molar-refractivity contribution in [2.75, 3.05) is 27.4 Å². The second-order valence-corrected chi connectivity index (χ2v) is 5.54. The third kappa shape index (κ3) is 3.88. The number of ether oxygens (including phenoxy) is 3. The Balaban J connectivity index is 1.76. The summed E-state index contributed by atoms with van der Waals surface area (Å²) >= 11 is 0. The highest BCUT2D eigenvalue weighted by Gasteiger charge is 2.17. The molecule has 0 spiro atoms. The summed E-state index contributed by atoms with van der Waals surface area (Å²) < 4.78 is 16.4.